The molecule has 7 heteroatoms. The van der Waals surface area contributed by atoms with Gasteiger partial charge in [0.25, 0.3) is 0 Å². The molecule has 148 valence electrons. The second-order valence-corrected chi connectivity index (χ2v) is 8.37. The Hall–Kier alpha value is -1.06. The van der Waals surface area contributed by atoms with E-state index in [1.165, 1.54) is 0 Å². The van der Waals surface area contributed by atoms with E-state index in [9.17, 15) is 0 Å². The molecule has 0 N–H and O–H groups in total. The van der Waals surface area contributed by atoms with E-state index in [4.69, 9.17) is 22.8 Å². The first kappa shape index (κ1) is 22.2. The maximum absolute atomic E-state index is 5.94. The van der Waals surface area contributed by atoms with Gasteiger partial charge in [-0.3, -0.25) is 0 Å². The third-order valence-corrected chi connectivity index (χ3v) is 6.73. The fourth-order valence-electron chi connectivity index (χ4n) is 2.25. The number of ether oxygens (including phenoxy) is 1. The summed E-state index contributed by atoms with van der Waals surface area (Å²) < 4.78 is 28.7. The summed E-state index contributed by atoms with van der Waals surface area (Å²) >= 11 is 0. The second kappa shape index (κ2) is 12.4. The van der Waals surface area contributed by atoms with Crippen LogP contribution in [0, 0.1) is 0 Å². The summed E-state index contributed by atoms with van der Waals surface area (Å²) in [5.74, 6) is 1.54. The highest BCUT2D eigenvalue weighted by Gasteiger charge is 2.14. The van der Waals surface area contributed by atoms with E-state index in [0.717, 1.165) is 22.1 Å². The highest BCUT2D eigenvalue weighted by atomic mass is 31.2. The summed E-state index contributed by atoms with van der Waals surface area (Å²) in [5, 5.41) is 2.07. The van der Waals surface area contributed by atoms with E-state index < -0.39 is 16.8 Å². The van der Waals surface area contributed by atoms with Crippen LogP contribution in [0.25, 0.3) is 0 Å². The lowest BCUT2D eigenvalue weighted by molar-refractivity contribution is 0.277. The molecule has 0 fully saturated rings. The Morgan fingerprint density at radius 1 is 0.519 bits per heavy atom. The van der Waals surface area contributed by atoms with E-state index in [2.05, 4.69) is 0 Å². The smallest absolute Gasteiger partial charge is 0.205 e. The normalized spacial score (nSPS) is 11.3. The van der Waals surface area contributed by atoms with E-state index >= 15 is 0 Å². The Kier molecular flexibility index (Phi) is 10.2. The zero-order valence-corrected chi connectivity index (χ0v) is 18.2. The average Bonchev–Trinajstić information content (AvgIpc) is 2.69. The SMILES string of the molecule is CCOP(OCC)c1ccc(Oc2ccc(P(OCC)OCC)cc2)cc1. The van der Waals surface area contributed by atoms with Crippen molar-refractivity contribution in [3.8, 4) is 11.5 Å². The molecule has 0 saturated carbocycles. The maximum Gasteiger partial charge on any atom is 0.205 e. The van der Waals surface area contributed by atoms with Crippen LogP contribution in [-0.2, 0) is 18.1 Å². The minimum Gasteiger partial charge on any atom is -0.457 e. The number of benzene rings is 2. The molecule has 0 saturated heterocycles. The van der Waals surface area contributed by atoms with Crippen LogP contribution in [-0.4, -0.2) is 26.4 Å². The summed E-state index contributed by atoms with van der Waals surface area (Å²) in [7, 11) is -2.06. The van der Waals surface area contributed by atoms with Crippen LogP contribution in [0.15, 0.2) is 48.5 Å². The first-order valence-electron chi connectivity index (χ1n) is 9.21. The molecule has 2 aromatic carbocycles. The van der Waals surface area contributed by atoms with Crippen LogP contribution in [0.3, 0.4) is 0 Å². The maximum atomic E-state index is 5.94. The minimum absolute atomic E-state index is 0.627. The molecule has 0 spiro atoms. The van der Waals surface area contributed by atoms with Crippen LogP contribution >= 0.6 is 16.8 Å². The van der Waals surface area contributed by atoms with Crippen LogP contribution in [0.4, 0.5) is 0 Å². The molecule has 0 aliphatic heterocycles. The molecule has 2 rings (SSSR count). The Morgan fingerprint density at radius 3 is 1.07 bits per heavy atom. The van der Waals surface area contributed by atoms with Gasteiger partial charge in [-0.05, 0) is 76.2 Å². The van der Waals surface area contributed by atoms with Gasteiger partial charge in [0.05, 0.1) is 26.4 Å². The Labute approximate surface area is 164 Å². The molecular formula is C20H28O5P2. The summed E-state index contributed by atoms with van der Waals surface area (Å²) in [6.45, 7) is 10.4. The van der Waals surface area contributed by atoms with Gasteiger partial charge in [-0.25, -0.2) is 0 Å². The van der Waals surface area contributed by atoms with Crippen LogP contribution < -0.4 is 15.3 Å². The van der Waals surface area contributed by atoms with Crippen molar-refractivity contribution in [1.29, 1.82) is 0 Å². The lowest BCUT2D eigenvalue weighted by Gasteiger charge is -2.17. The molecule has 27 heavy (non-hydrogen) atoms. The van der Waals surface area contributed by atoms with Crippen LogP contribution in [0.5, 0.6) is 11.5 Å². The van der Waals surface area contributed by atoms with Gasteiger partial charge in [0, 0.05) is 10.6 Å². The standard InChI is InChI=1S/C20H28O5P2/c1-5-21-26(22-6-2)19-13-9-17(10-14-19)25-18-11-15-20(16-12-18)27(23-7-3)24-8-4/h9-16H,5-8H2,1-4H3. The third kappa shape index (κ3) is 7.12. The first-order chi connectivity index (χ1) is 13.2. The molecule has 0 atom stereocenters. The van der Waals surface area contributed by atoms with Crippen molar-refractivity contribution in [2.75, 3.05) is 26.4 Å². The summed E-state index contributed by atoms with van der Waals surface area (Å²) in [6.07, 6.45) is 0. The zero-order valence-electron chi connectivity index (χ0n) is 16.4. The van der Waals surface area contributed by atoms with Crippen molar-refractivity contribution in [3.05, 3.63) is 48.5 Å². The quantitative estimate of drug-likeness (QED) is 0.433. The van der Waals surface area contributed by atoms with Crippen molar-refractivity contribution in [3.63, 3.8) is 0 Å². The summed E-state index contributed by atoms with van der Waals surface area (Å²) in [4.78, 5) is 0. The topological polar surface area (TPSA) is 46.2 Å². The highest BCUT2D eigenvalue weighted by molar-refractivity contribution is 7.56. The molecule has 0 bridgehead atoms. The monoisotopic (exact) mass is 410 g/mol. The molecule has 0 aromatic heterocycles. The van der Waals surface area contributed by atoms with Gasteiger partial charge in [-0.1, -0.05) is 0 Å². The third-order valence-electron chi connectivity index (χ3n) is 3.32. The van der Waals surface area contributed by atoms with Gasteiger partial charge in [-0.15, -0.1) is 0 Å². The fourth-order valence-corrected chi connectivity index (χ4v) is 4.72. The van der Waals surface area contributed by atoms with Crippen molar-refractivity contribution in [2.45, 2.75) is 27.7 Å². The van der Waals surface area contributed by atoms with Crippen molar-refractivity contribution in [2.24, 2.45) is 0 Å². The lowest BCUT2D eigenvalue weighted by Crippen LogP contribution is -2.06. The van der Waals surface area contributed by atoms with Gasteiger partial charge in [0.2, 0.25) is 16.8 Å². The second-order valence-electron chi connectivity index (χ2n) is 5.28. The molecule has 5 nitrogen and oxygen atoms in total. The van der Waals surface area contributed by atoms with E-state index in [1.807, 2.05) is 76.2 Å². The Bertz CT molecular complexity index is 579. The average molecular weight is 410 g/mol. The summed E-state index contributed by atoms with van der Waals surface area (Å²) in [6, 6.07) is 15.7. The largest absolute Gasteiger partial charge is 0.457 e. The van der Waals surface area contributed by atoms with Crippen LogP contribution in [0.1, 0.15) is 27.7 Å². The molecule has 0 aliphatic rings. The number of rotatable bonds is 12. The molecular weight excluding hydrogens is 382 g/mol. The Morgan fingerprint density at radius 2 is 0.815 bits per heavy atom. The zero-order chi connectivity index (χ0) is 19.5. The van der Waals surface area contributed by atoms with E-state index in [-0.39, 0.29) is 0 Å². The molecule has 0 aliphatic carbocycles. The highest BCUT2D eigenvalue weighted by Crippen LogP contribution is 2.38. The predicted octanol–water partition coefficient (Wildman–Crippen LogP) is 5.50. The summed E-state index contributed by atoms with van der Waals surface area (Å²) in [5.41, 5.74) is 0. The van der Waals surface area contributed by atoms with Gasteiger partial charge < -0.3 is 22.8 Å². The van der Waals surface area contributed by atoms with E-state index in [0.29, 0.717) is 26.4 Å². The molecule has 0 unspecified atom stereocenters. The fraction of sp³-hybridized carbons (Fsp3) is 0.400. The molecule has 0 heterocycles. The van der Waals surface area contributed by atoms with Crippen molar-refractivity contribution in [1.82, 2.24) is 0 Å². The lowest BCUT2D eigenvalue weighted by atomic mass is 10.3. The number of hydrogen-bond acceptors (Lipinski definition) is 5. The van der Waals surface area contributed by atoms with E-state index in [1.54, 1.807) is 0 Å². The van der Waals surface area contributed by atoms with Gasteiger partial charge >= 0.3 is 0 Å². The predicted molar refractivity (Wildman–Crippen MR) is 113 cm³/mol. The van der Waals surface area contributed by atoms with Gasteiger partial charge in [0.1, 0.15) is 11.5 Å². The molecule has 0 amide bonds. The first-order valence-corrected chi connectivity index (χ1v) is 11.6. The number of hydrogen-bond donors (Lipinski definition) is 0. The minimum atomic E-state index is -1.03. The van der Waals surface area contributed by atoms with Crippen LogP contribution in [0.2, 0.25) is 0 Å². The van der Waals surface area contributed by atoms with Crippen molar-refractivity contribution >= 4 is 27.4 Å². The van der Waals surface area contributed by atoms with Crippen molar-refractivity contribution < 1.29 is 22.8 Å². The molecule has 0 radical (unpaired) electrons. The Balaban J connectivity index is 2.02. The van der Waals surface area contributed by atoms with Gasteiger partial charge in [0.15, 0.2) is 0 Å². The molecule has 2 aromatic rings. The van der Waals surface area contributed by atoms with Gasteiger partial charge in [-0.2, -0.15) is 0 Å².